The summed E-state index contributed by atoms with van der Waals surface area (Å²) in [6.07, 6.45) is 0.536. The van der Waals surface area contributed by atoms with Crippen molar-refractivity contribution < 1.29 is 19.1 Å². The molecule has 1 unspecified atom stereocenters. The topological polar surface area (TPSA) is 136 Å². The monoisotopic (exact) mass is 408 g/mol. The highest BCUT2D eigenvalue weighted by atomic mass is 16.5. The lowest BCUT2D eigenvalue weighted by atomic mass is 10.2. The molecule has 9 heteroatoms. The smallest absolute Gasteiger partial charge is 0.338 e. The zero-order valence-corrected chi connectivity index (χ0v) is 16.3. The zero-order chi connectivity index (χ0) is 21.8. The molecule has 0 aliphatic rings. The summed E-state index contributed by atoms with van der Waals surface area (Å²) in [4.78, 5) is 50.1. The van der Waals surface area contributed by atoms with E-state index in [0.29, 0.717) is 16.9 Å². The van der Waals surface area contributed by atoms with Crippen LogP contribution in [0.3, 0.4) is 0 Å². The molecule has 0 radical (unpaired) electrons. The molecule has 1 heterocycles. The molecule has 2 aromatic carbocycles. The van der Waals surface area contributed by atoms with Gasteiger partial charge in [-0.15, -0.1) is 0 Å². The molecule has 0 aliphatic heterocycles. The number of imidazole rings is 1. The predicted octanol–water partition coefficient (Wildman–Crippen LogP) is 1.76. The molecule has 1 atom stereocenters. The lowest BCUT2D eigenvalue weighted by Gasteiger charge is -2.14. The molecule has 0 fully saturated rings. The number of aromatic nitrogens is 2. The van der Waals surface area contributed by atoms with E-state index in [9.17, 15) is 19.2 Å². The van der Waals surface area contributed by atoms with Crippen molar-refractivity contribution in [3.05, 3.63) is 82.0 Å². The maximum atomic E-state index is 12.3. The molecule has 0 spiro atoms. The van der Waals surface area contributed by atoms with Crippen molar-refractivity contribution in [2.75, 3.05) is 5.32 Å². The molecule has 30 heavy (non-hydrogen) atoms. The van der Waals surface area contributed by atoms with Gasteiger partial charge in [-0.05, 0) is 62.4 Å². The maximum Gasteiger partial charge on any atom is 0.338 e. The number of rotatable bonds is 6. The molecular formula is C21H20N4O5. The average Bonchev–Trinajstić information content (AvgIpc) is 3.06. The van der Waals surface area contributed by atoms with E-state index in [0.717, 1.165) is 5.69 Å². The van der Waals surface area contributed by atoms with E-state index in [2.05, 4.69) is 10.3 Å². The molecule has 0 aliphatic carbocycles. The lowest BCUT2D eigenvalue weighted by Crippen LogP contribution is -2.30. The summed E-state index contributed by atoms with van der Waals surface area (Å²) in [5.41, 5.74) is 7.21. The quantitative estimate of drug-likeness (QED) is 0.534. The van der Waals surface area contributed by atoms with Crippen LogP contribution in [0.2, 0.25) is 0 Å². The standard InChI is InChI=1S/C21H20N4O5/c1-12-11-23-21(29)25(12)17-9-5-15(6-10-17)20(28)30-13(2)19(27)24-16-7-3-14(4-8-16)18(22)26/h3-11,13H,1-2H3,(H2,22,26)(H,23,29)(H,24,27). The first-order chi connectivity index (χ1) is 14.3. The molecule has 2 amide bonds. The Hall–Kier alpha value is -4.14. The number of ether oxygens (including phenoxy) is 1. The van der Waals surface area contributed by atoms with E-state index in [1.165, 1.54) is 47.9 Å². The second-order valence-corrected chi connectivity index (χ2v) is 6.60. The summed E-state index contributed by atoms with van der Waals surface area (Å²) < 4.78 is 6.68. The summed E-state index contributed by atoms with van der Waals surface area (Å²) in [7, 11) is 0. The van der Waals surface area contributed by atoms with Gasteiger partial charge in [0.25, 0.3) is 5.91 Å². The predicted molar refractivity (Wildman–Crippen MR) is 110 cm³/mol. The Morgan fingerprint density at radius 2 is 1.63 bits per heavy atom. The molecule has 0 saturated heterocycles. The number of amides is 2. The Labute approximate surface area is 171 Å². The van der Waals surface area contributed by atoms with Gasteiger partial charge >= 0.3 is 11.7 Å². The van der Waals surface area contributed by atoms with E-state index in [1.807, 2.05) is 0 Å². The molecule has 3 rings (SSSR count). The minimum atomic E-state index is -1.05. The molecule has 1 aromatic heterocycles. The van der Waals surface area contributed by atoms with E-state index < -0.39 is 23.9 Å². The van der Waals surface area contributed by atoms with Crippen molar-refractivity contribution in [1.29, 1.82) is 0 Å². The van der Waals surface area contributed by atoms with Gasteiger partial charge in [0, 0.05) is 23.1 Å². The Morgan fingerprint density at radius 3 is 2.17 bits per heavy atom. The van der Waals surface area contributed by atoms with Crippen molar-refractivity contribution in [2.45, 2.75) is 20.0 Å². The normalized spacial score (nSPS) is 11.5. The number of benzene rings is 2. The van der Waals surface area contributed by atoms with Crippen LogP contribution in [0.15, 0.2) is 59.5 Å². The molecule has 0 bridgehead atoms. The number of anilines is 1. The first-order valence-electron chi connectivity index (χ1n) is 9.05. The summed E-state index contributed by atoms with van der Waals surface area (Å²) >= 11 is 0. The second kappa shape index (κ2) is 8.48. The number of nitrogens with two attached hydrogens (primary N) is 1. The fourth-order valence-corrected chi connectivity index (χ4v) is 2.77. The van der Waals surface area contributed by atoms with E-state index in [1.54, 1.807) is 25.3 Å². The Morgan fingerprint density at radius 1 is 1.03 bits per heavy atom. The van der Waals surface area contributed by atoms with Crippen LogP contribution in [-0.2, 0) is 9.53 Å². The number of hydrogen-bond donors (Lipinski definition) is 3. The summed E-state index contributed by atoms with van der Waals surface area (Å²) in [5, 5.41) is 2.59. The van der Waals surface area contributed by atoms with Crippen LogP contribution in [0.1, 0.15) is 33.3 Å². The van der Waals surface area contributed by atoms with Gasteiger partial charge in [-0.3, -0.25) is 14.2 Å². The van der Waals surface area contributed by atoms with Crippen LogP contribution in [0.4, 0.5) is 5.69 Å². The Bertz CT molecular complexity index is 1140. The highest BCUT2D eigenvalue weighted by Gasteiger charge is 2.19. The summed E-state index contributed by atoms with van der Waals surface area (Å²) in [6, 6.07) is 12.3. The fraction of sp³-hybridized carbons (Fsp3) is 0.143. The summed E-state index contributed by atoms with van der Waals surface area (Å²) in [5.74, 6) is -1.77. The number of aromatic amines is 1. The number of primary amides is 1. The van der Waals surface area contributed by atoms with Gasteiger partial charge in [-0.25, -0.2) is 9.59 Å². The van der Waals surface area contributed by atoms with Gasteiger partial charge in [0.15, 0.2) is 6.10 Å². The van der Waals surface area contributed by atoms with Crippen LogP contribution in [0.25, 0.3) is 5.69 Å². The number of carbonyl (C=O) groups is 3. The molecule has 154 valence electrons. The highest BCUT2D eigenvalue weighted by molar-refractivity contribution is 5.98. The first kappa shape index (κ1) is 20.6. The third kappa shape index (κ3) is 4.46. The van der Waals surface area contributed by atoms with Crippen LogP contribution in [0.5, 0.6) is 0 Å². The van der Waals surface area contributed by atoms with Crippen molar-refractivity contribution in [3.8, 4) is 5.69 Å². The van der Waals surface area contributed by atoms with E-state index in [4.69, 9.17) is 10.5 Å². The van der Waals surface area contributed by atoms with Crippen molar-refractivity contribution in [3.63, 3.8) is 0 Å². The molecular weight excluding hydrogens is 388 g/mol. The van der Waals surface area contributed by atoms with Gasteiger partial charge in [-0.2, -0.15) is 0 Å². The molecule has 9 nitrogen and oxygen atoms in total. The highest BCUT2D eigenvalue weighted by Crippen LogP contribution is 2.13. The zero-order valence-electron chi connectivity index (χ0n) is 16.3. The van der Waals surface area contributed by atoms with Gasteiger partial charge in [0.05, 0.1) is 11.3 Å². The van der Waals surface area contributed by atoms with E-state index >= 15 is 0 Å². The number of nitrogens with one attached hydrogen (secondary N) is 2. The third-order valence-electron chi connectivity index (χ3n) is 4.41. The van der Waals surface area contributed by atoms with Crippen LogP contribution in [0, 0.1) is 6.92 Å². The van der Waals surface area contributed by atoms with Crippen molar-refractivity contribution in [2.24, 2.45) is 5.73 Å². The minimum absolute atomic E-state index is 0.241. The Balaban J connectivity index is 1.62. The summed E-state index contributed by atoms with van der Waals surface area (Å²) in [6.45, 7) is 3.23. The SMILES string of the molecule is Cc1c[nH]c(=O)n1-c1ccc(C(=O)OC(C)C(=O)Nc2ccc(C(N)=O)cc2)cc1. The number of hydrogen-bond acceptors (Lipinski definition) is 5. The number of H-pyrrole nitrogens is 1. The van der Waals surface area contributed by atoms with Gasteiger partial charge < -0.3 is 20.8 Å². The van der Waals surface area contributed by atoms with Gasteiger partial charge in [0.2, 0.25) is 5.91 Å². The van der Waals surface area contributed by atoms with Gasteiger partial charge in [0.1, 0.15) is 0 Å². The lowest BCUT2D eigenvalue weighted by molar-refractivity contribution is -0.123. The van der Waals surface area contributed by atoms with Gasteiger partial charge in [-0.1, -0.05) is 0 Å². The first-order valence-corrected chi connectivity index (χ1v) is 9.05. The number of esters is 1. The number of aryl methyl sites for hydroxylation is 1. The molecule has 0 saturated carbocycles. The van der Waals surface area contributed by atoms with Crippen LogP contribution < -0.4 is 16.7 Å². The minimum Gasteiger partial charge on any atom is -0.449 e. The number of carbonyl (C=O) groups excluding carboxylic acids is 3. The Kier molecular flexibility index (Phi) is 5.82. The molecule has 4 N–H and O–H groups in total. The largest absolute Gasteiger partial charge is 0.449 e. The fourth-order valence-electron chi connectivity index (χ4n) is 2.77. The van der Waals surface area contributed by atoms with Crippen molar-refractivity contribution in [1.82, 2.24) is 9.55 Å². The maximum absolute atomic E-state index is 12.3. The third-order valence-corrected chi connectivity index (χ3v) is 4.41. The second-order valence-electron chi connectivity index (χ2n) is 6.60. The average molecular weight is 408 g/mol. The van der Waals surface area contributed by atoms with Crippen LogP contribution in [-0.4, -0.2) is 33.4 Å². The van der Waals surface area contributed by atoms with E-state index in [-0.39, 0.29) is 11.3 Å². The van der Waals surface area contributed by atoms with Crippen LogP contribution >= 0.6 is 0 Å². The van der Waals surface area contributed by atoms with Crippen molar-refractivity contribution >= 4 is 23.5 Å². The number of nitrogens with zero attached hydrogens (tertiary/aromatic N) is 1. The molecule has 3 aromatic rings.